The number of aromatic nitrogens is 2. The first-order valence-electron chi connectivity index (χ1n) is 4.52. The van der Waals surface area contributed by atoms with Crippen molar-refractivity contribution >= 4 is 0 Å². The Kier molecular flexibility index (Phi) is 2.11. The van der Waals surface area contributed by atoms with Crippen molar-refractivity contribution in [2.75, 3.05) is 0 Å². The molecule has 0 aliphatic heterocycles. The Morgan fingerprint density at radius 1 is 1.29 bits per heavy atom. The van der Waals surface area contributed by atoms with E-state index < -0.39 is 0 Å². The van der Waals surface area contributed by atoms with Crippen LogP contribution >= 0.6 is 0 Å². The van der Waals surface area contributed by atoms with Crippen molar-refractivity contribution in [3.05, 3.63) is 35.7 Å². The van der Waals surface area contributed by atoms with Crippen LogP contribution in [0, 0.1) is 13.8 Å². The Hall–Kier alpha value is -1.58. The average molecular weight is 192 g/mol. The first-order chi connectivity index (χ1) is 6.68. The molecule has 1 unspecified atom stereocenters. The summed E-state index contributed by atoms with van der Waals surface area (Å²) in [4.78, 5) is 8.36. The molecule has 0 aliphatic carbocycles. The topological polar surface area (TPSA) is 52.1 Å². The minimum absolute atomic E-state index is 0.0302. The van der Waals surface area contributed by atoms with Crippen LogP contribution in [0.15, 0.2) is 21.3 Å². The van der Waals surface area contributed by atoms with Crippen molar-refractivity contribution in [1.82, 2.24) is 9.97 Å². The summed E-state index contributed by atoms with van der Waals surface area (Å²) >= 11 is 0. The summed E-state index contributed by atoms with van der Waals surface area (Å²) in [6, 6.07) is 0. The molecule has 2 rings (SSSR count). The van der Waals surface area contributed by atoms with Crippen LogP contribution in [-0.2, 0) is 0 Å². The van der Waals surface area contributed by atoms with Crippen LogP contribution in [0.2, 0.25) is 0 Å². The molecule has 14 heavy (non-hydrogen) atoms. The largest absolute Gasteiger partial charge is 0.448 e. The van der Waals surface area contributed by atoms with Crippen molar-refractivity contribution in [3.8, 4) is 0 Å². The maximum atomic E-state index is 5.49. The summed E-state index contributed by atoms with van der Waals surface area (Å²) in [5.74, 6) is 2.10. The third-order valence-electron chi connectivity index (χ3n) is 2.24. The van der Waals surface area contributed by atoms with Crippen LogP contribution in [0.5, 0.6) is 0 Å². The molecule has 1 atom stereocenters. The summed E-state index contributed by atoms with van der Waals surface area (Å²) in [5, 5.41) is 0. The summed E-state index contributed by atoms with van der Waals surface area (Å²) in [6.07, 6.45) is 3.17. The van der Waals surface area contributed by atoms with E-state index in [0.29, 0.717) is 11.8 Å². The molecule has 0 saturated heterocycles. The molecular weight excluding hydrogens is 180 g/mol. The lowest BCUT2D eigenvalue weighted by Crippen LogP contribution is -1.96. The van der Waals surface area contributed by atoms with Gasteiger partial charge in [-0.2, -0.15) is 0 Å². The fourth-order valence-corrected chi connectivity index (χ4v) is 1.24. The lowest BCUT2D eigenvalue weighted by molar-refractivity contribution is 0.408. The van der Waals surface area contributed by atoms with Crippen molar-refractivity contribution in [2.45, 2.75) is 26.7 Å². The second-order valence-corrected chi connectivity index (χ2v) is 3.29. The van der Waals surface area contributed by atoms with Crippen LogP contribution in [-0.4, -0.2) is 9.97 Å². The van der Waals surface area contributed by atoms with Gasteiger partial charge in [0.2, 0.25) is 11.8 Å². The zero-order valence-electron chi connectivity index (χ0n) is 8.44. The molecule has 0 bridgehead atoms. The minimum atomic E-state index is -0.0302. The molecule has 2 heterocycles. The molecule has 0 N–H and O–H groups in total. The van der Waals surface area contributed by atoms with Gasteiger partial charge in [0.1, 0.15) is 17.9 Å². The summed E-state index contributed by atoms with van der Waals surface area (Å²) in [6.45, 7) is 5.77. The maximum absolute atomic E-state index is 5.49. The number of nitrogens with zero attached hydrogens (tertiary/aromatic N) is 2. The molecule has 0 aromatic carbocycles. The van der Waals surface area contributed by atoms with E-state index in [1.807, 2.05) is 20.8 Å². The predicted octanol–water partition coefficient (Wildman–Crippen LogP) is 2.43. The zero-order valence-corrected chi connectivity index (χ0v) is 8.44. The lowest BCUT2D eigenvalue weighted by atomic mass is 10.2. The predicted molar refractivity (Wildman–Crippen MR) is 50.0 cm³/mol. The smallest absolute Gasteiger partial charge is 0.206 e. The van der Waals surface area contributed by atoms with E-state index in [1.54, 1.807) is 12.5 Å². The van der Waals surface area contributed by atoms with Crippen LogP contribution < -0.4 is 0 Å². The van der Waals surface area contributed by atoms with Crippen molar-refractivity contribution < 1.29 is 8.83 Å². The van der Waals surface area contributed by atoms with Gasteiger partial charge in [-0.05, 0) is 20.8 Å². The average Bonchev–Trinajstić information content (AvgIpc) is 2.76. The molecule has 2 aromatic heterocycles. The fourth-order valence-electron chi connectivity index (χ4n) is 1.24. The van der Waals surface area contributed by atoms with Gasteiger partial charge in [-0.3, -0.25) is 0 Å². The van der Waals surface area contributed by atoms with Gasteiger partial charge in [0, 0.05) is 0 Å². The van der Waals surface area contributed by atoms with E-state index in [2.05, 4.69) is 9.97 Å². The van der Waals surface area contributed by atoms with Gasteiger partial charge >= 0.3 is 0 Å². The van der Waals surface area contributed by atoms with Crippen molar-refractivity contribution in [1.29, 1.82) is 0 Å². The van der Waals surface area contributed by atoms with Crippen LogP contribution in [0.25, 0.3) is 0 Å². The number of rotatable bonds is 2. The number of hydrogen-bond donors (Lipinski definition) is 0. The number of aryl methyl sites for hydroxylation is 2. The van der Waals surface area contributed by atoms with Gasteiger partial charge in [-0.25, -0.2) is 9.97 Å². The van der Waals surface area contributed by atoms with Crippen LogP contribution in [0.1, 0.15) is 36.1 Å². The highest BCUT2D eigenvalue weighted by molar-refractivity contribution is 5.11. The van der Waals surface area contributed by atoms with Crippen molar-refractivity contribution in [2.24, 2.45) is 0 Å². The molecule has 0 fully saturated rings. The second kappa shape index (κ2) is 3.29. The van der Waals surface area contributed by atoms with Gasteiger partial charge < -0.3 is 8.83 Å². The Morgan fingerprint density at radius 2 is 2.07 bits per heavy atom. The Bertz CT molecular complexity index is 398. The molecular formula is C10H12N2O2. The highest BCUT2D eigenvalue weighted by Crippen LogP contribution is 2.23. The molecule has 2 aromatic rings. The third kappa shape index (κ3) is 1.43. The zero-order chi connectivity index (χ0) is 10.1. The molecule has 4 heteroatoms. The molecule has 0 aliphatic rings. The van der Waals surface area contributed by atoms with E-state index in [4.69, 9.17) is 8.83 Å². The second-order valence-electron chi connectivity index (χ2n) is 3.29. The van der Waals surface area contributed by atoms with Crippen LogP contribution in [0.3, 0.4) is 0 Å². The maximum Gasteiger partial charge on any atom is 0.206 e. The van der Waals surface area contributed by atoms with E-state index in [-0.39, 0.29) is 5.92 Å². The molecule has 0 saturated carbocycles. The summed E-state index contributed by atoms with van der Waals surface area (Å²) in [5.41, 5.74) is 0.915. The summed E-state index contributed by atoms with van der Waals surface area (Å²) < 4.78 is 10.7. The standard InChI is InChI=1S/C10H12N2O2/c1-6(9-11-4-5-13-9)10-12-7(2)8(3)14-10/h4-6H,1-3H3. The highest BCUT2D eigenvalue weighted by Gasteiger charge is 2.19. The normalized spacial score (nSPS) is 13.1. The lowest BCUT2D eigenvalue weighted by Gasteiger charge is -2.00. The van der Waals surface area contributed by atoms with Crippen molar-refractivity contribution in [3.63, 3.8) is 0 Å². The third-order valence-corrected chi connectivity index (χ3v) is 2.24. The molecule has 0 radical (unpaired) electrons. The van der Waals surface area contributed by atoms with E-state index in [0.717, 1.165) is 11.5 Å². The van der Waals surface area contributed by atoms with E-state index in [9.17, 15) is 0 Å². The Labute approximate surface area is 82.0 Å². The minimum Gasteiger partial charge on any atom is -0.448 e. The number of oxazole rings is 2. The highest BCUT2D eigenvalue weighted by atomic mass is 16.4. The molecule has 4 nitrogen and oxygen atoms in total. The van der Waals surface area contributed by atoms with Gasteiger partial charge in [-0.15, -0.1) is 0 Å². The quantitative estimate of drug-likeness (QED) is 0.733. The first kappa shape index (κ1) is 8.99. The Morgan fingerprint density at radius 3 is 2.57 bits per heavy atom. The SMILES string of the molecule is Cc1nc(C(C)c2ncco2)oc1C. The summed E-state index contributed by atoms with van der Waals surface area (Å²) in [7, 11) is 0. The Balaban J connectivity index is 2.32. The van der Waals surface area contributed by atoms with E-state index >= 15 is 0 Å². The molecule has 74 valence electrons. The van der Waals surface area contributed by atoms with Gasteiger partial charge in [0.15, 0.2) is 0 Å². The van der Waals surface area contributed by atoms with E-state index in [1.165, 1.54) is 0 Å². The number of hydrogen-bond acceptors (Lipinski definition) is 4. The fraction of sp³-hybridized carbons (Fsp3) is 0.400. The van der Waals surface area contributed by atoms with Gasteiger partial charge in [0.25, 0.3) is 0 Å². The van der Waals surface area contributed by atoms with Gasteiger partial charge in [-0.1, -0.05) is 0 Å². The monoisotopic (exact) mass is 192 g/mol. The van der Waals surface area contributed by atoms with Crippen LogP contribution in [0.4, 0.5) is 0 Å². The first-order valence-corrected chi connectivity index (χ1v) is 4.52. The molecule has 0 spiro atoms. The van der Waals surface area contributed by atoms with Gasteiger partial charge in [0.05, 0.1) is 11.9 Å². The molecule has 0 amide bonds.